The first-order valence-electron chi connectivity index (χ1n) is 7.10. The van der Waals surface area contributed by atoms with Crippen molar-refractivity contribution < 1.29 is 19.4 Å². The lowest BCUT2D eigenvalue weighted by Gasteiger charge is -2.46. The fourth-order valence-electron chi connectivity index (χ4n) is 3.03. The van der Waals surface area contributed by atoms with Crippen LogP contribution >= 0.6 is 23.5 Å². The monoisotopic (exact) mass is 343 g/mol. The van der Waals surface area contributed by atoms with E-state index in [1.807, 2.05) is 13.2 Å². The lowest BCUT2D eigenvalue weighted by molar-refractivity contribution is -0.164. The molecule has 0 bridgehead atoms. The maximum absolute atomic E-state index is 12.3. The van der Waals surface area contributed by atoms with Crippen molar-refractivity contribution in [1.29, 1.82) is 0 Å². The molecule has 0 unspecified atom stereocenters. The van der Waals surface area contributed by atoms with Crippen molar-refractivity contribution in [1.82, 2.24) is 4.90 Å². The number of carbonyl (C=O) groups excluding carboxylic acids is 2. The van der Waals surface area contributed by atoms with E-state index in [0.29, 0.717) is 5.70 Å². The van der Waals surface area contributed by atoms with Gasteiger partial charge in [0.25, 0.3) is 0 Å². The number of ether oxygens (including phenoxy) is 1. The molecule has 4 atom stereocenters. The molecule has 2 aliphatic rings. The molecule has 22 heavy (non-hydrogen) atoms. The number of amides is 1. The third-order valence-corrected chi connectivity index (χ3v) is 6.26. The molecule has 0 saturated carbocycles. The number of hydrogen-bond donors (Lipinski definition) is 1. The Hall–Kier alpha value is -0.920. The summed E-state index contributed by atoms with van der Waals surface area (Å²) in [7, 11) is 0. The van der Waals surface area contributed by atoms with Gasteiger partial charge in [0.05, 0.1) is 18.1 Å². The quantitative estimate of drug-likeness (QED) is 0.329. The van der Waals surface area contributed by atoms with Crippen LogP contribution in [0.25, 0.3) is 0 Å². The van der Waals surface area contributed by atoms with Gasteiger partial charge in [0.2, 0.25) is 5.91 Å². The SMILES string of the molecule is C=CCOC(=O)C1=C(SCSC)[C@H](C)[C@@H]2[C@@H]([C@@H](C)O)C(=O)N12. The Labute approximate surface area is 139 Å². The summed E-state index contributed by atoms with van der Waals surface area (Å²) in [5.74, 6) is -1.10. The van der Waals surface area contributed by atoms with Crippen LogP contribution in [-0.4, -0.2) is 52.0 Å². The Morgan fingerprint density at radius 3 is 2.82 bits per heavy atom. The molecule has 122 valence electrons. The van der Waals surface area contributed by atoms with Crippen molar-refractivity contribution in [2.75, 3.05) is 17.9 Å². The predicted molar refractivity (Wildman–Crippen MR) is 89.1 cm³/mol. The van der Waals surface area contributed by atoms with Gasteiger partial charge in [-0.2, -0.15) is 11.8 Å². The van der Waals surface area contributed by atoms with Gasteiger partial charge in [-0.25, -0.2) is 4.79 Å². The number of carbonyl (C=O) groups is 2. The summed E-state index contributed by atoms with van der Waals surface area (Å²) >= 11 is 3.23. The maximum Gasteiger partial charge on any atom is 0.356 e. The average molecular weight is 343 g/mol. The molecule has 0 aromatic carbocycles. The van der Waals surface area contributed by atoms with Gasteiger partial charge in [-0.15, -0.1) is 11.8 Å². The smallest absolute Gasteiger partial charge is 0.356 e. The molecule has 1 amide bonds. The number of nitrogens with zero attached hydrogens (tertiary/aromatic N) is 1. The van der Waals surface area contributed by atoms with Crippen molar-refractivity contribution >= 4 is 35.4 Å². The summed E-state index contributed by atoms with van der Waals surface area (Å²) in [6.07, 6.45) is 2.77. The molecule has 2 rings (SSSR count). The molecular formula is C15H21NO4S2. The fraction of sp³-hybridized carbons (Fsp3) is 0.600. The van der Waals surface area contributed by atoms with Crippen LogP contribution in [-0.2, 0) is 14.3 Å². The van der Waals surface area contributed by atoms with E-state index in [-0.39, 0.29) is 24.5 Å². The molecule has 2 heterocycles. The van der Waals surface area contributed by atoms with Gasteiger partial charge in [0.15, 0.2) is 0 Å². The lowest BCUT2D eigenvalue weighted by atomic mass is 9.79. The van der Waals surface area contributed by atoms with E-state index < -0.39 is 18.0 Å². The molecular weight excluding hydrogens is 322 g/mol. The minimum atomic E-state index is -0.716. The van der Waals surface area contributed by atoms with Gasteiger partial charge in [-0.1, -0.05) is 19.6 Å². The molecule has 0 aliphatic carbocycles. The zero-order valence-electron chi connectivity index (χ0n) is 12.9. The van der Waals surface area contributed by atoms with Crippen LogP contribution in [0.4, 0.5) is 0 Å². The largest absolute Gasteiger partial charge is 0.457 e. The molecule has 1 fully saturated rings. The number of thioether (sulfide) groups is 2. The second-order valence-electron chi connectivity index (χ2n) is 5.40. The predicted octanol–water partition coefficient (Wildman–Crippen LogP) is 1.84. The summed E-state index contributed by atoms with van der Waals surface area (Å²) in [6, 6.07) is -0.150. The number of aliphatic hydroxyl groups is 1. The highest BCUT2D eigenvalue weighted by Crippen LogP contribution is 2.51. The highest BCUT2D eigenvalue weighted by Gasteiger charge is 2.60. The minimum Gasteiger partial charge on any atom is -0.457 e. The molecule has 1 saturated heterocycles. The van der Waals surface area contributed by atoms with Crippen LogP contribution in [0.15, 0.2) is 23.3 Å². The minimum absolute atomic E-state index is 0.0285. The van der Waals surface area contributed by atoms with Crippen LogP contribution in [0.3, 0.4) is 0 Å². The standard InChI is InChI=1S/C15H21NO4S2/c1-5-6-20-15(19)12-13(22-7-21-4)8(2)11-10(9(3)17)14(18)16(11)12/h5,8-11,17H,1,6-7H2,2-4H3/t8-,9-,10-,11-/m1/s1. The first kappa shape index (κ1) is 17.4. The Bertz CT molecular complexity index is 518. The summed E-state index contributed by atoms with van der Waals surface area (Å²) in [5.41, 5.74) is 0.348. The Morgan fingerprint density at radius 2 is 2.27 bits per heavy atom. The molecule has 0 radical (unpaired) electrons. The van der Waals surface area contributed by atoms with E-state index in [0.717, 1.165) is 9.99 Å². The van der Waals surface area contributed by atoms with Crippen molar-refractivity contribution in [3.63, 3.8) is 0 Å². The van der Waals surface area contributed by atoms with E-state index in [4.69, 9.17) is 4.74 Å². The Balaban J connectivity index is 2.30. The summed E-state index contributed by atoms with van der Waals surface area (Å²) in [5, 5.41) is 10.6. The molecule has 7 heteroatoms. The van der Waals surface area contributed by atoms with E-state index >= 15 is 0 Å². The van der Waals surface area contributed by atoms with Crippen molar-refractivity contribution in [3.05, 3.63) is 23.3 Å². The van der Waals surface area contributed by atoms with Gasteiger partial charge in [-0.05, 0) is 13.2 Å². The number of hydrogen-bond acceptors (Lipinski definition) is 6. The third-order valence-electron chi connectivity index (χ3n) is 3.97. The van der Waals surface area contributed by atoms with Crippen LogP contribution in [0.5, 0.6) is 0 Å². The van der Waals surface area contributed by atoms with Crippen molar-refractivity contribution in [3.8, 4) is 0 Å². The highest BCUT2D eigenvalue weighted by molar-refractivity contribution is 8.17. The number of β-lactam (4-membered cyclic amide) rings is 1. The zero-order valence-corrected chi connectivity index (χ0v) is 14.6. The van der Waals surface area contributed by atoms with Crippen LogP contribution in [0, 0.1) is 11.8 Å². The Morgan fingerprint density at radius 1 is 1.59 bits per heavy atom. The Kier molecular flexibility index (Phi) is 5.63. The number of rotatable bonds is 7. The zero-order chi connectivity index (χ0) is 16.4. The van der Waals surface area contributed by atoms with Crippen molar-refractivity contribution in [2.45, 2.75) is 26.0 Å². The van der Waals surface area contributed by atoms with Crippen molar-refractivity contribution in [2.24, 2.45) is 11.8 Å². The summed E-state index contributed by atoms with van der Waals surface area (Å²) in [4.78, 5) is 27.0. The fourth-order valence-corrected chi connectivity index (χ4v) is 4.73. The van der Waals surface area contributed by atoms with E-state index in [2.05, 4.69) is 6.58 Å². The van der Waals surface area contributed by atoms with Gasteiger partial charge in [-0.3, -0.25) is 4.79 Å². The molecule has 0 aromatic rings. The summed E-state index contributed by atoms with van der Waals surface area (Å²) < 4.78 is 5.14. The molecule has 0 spiro atoms. The molecule has 5 nitrogen and oxygen atoms in total. The van der Waals surface area contributed by atoms with E-state index in [1.165, 1.54) is 11.0 Å². The van der Waals surface area contributed by atoms with Gasteiger partial charge in [0.1, 0.15) is 12.3 Å². The topological polar surface area (TPSA) is 66.8 Å². The van der Waals surface area contributed by atoms with Gasteiger partial charge >= 0.3 is 5.97 Å². The summed E-state index contributed by atoms with van der Waals surface area (Å²) in [6.45, 7) is 7.26. The first-order valence-corrected chi connectivity index (χ1v) is 9.48. The molecule has 2 aliphatic heterocycles. The van der Waals surface area contributed by atoms with Crippen LogP contribution in [0.1, 0.15) is 13.8 Å². The second-order valence-corrected chi connectivity index (χ2v) is 7.65. The number of aliphatic hydroxyl groups excluding tert-OH is 1. The highest BCUT2D eigenvalue weighted by atomic mass is 32.2. The van der Waals surface area contributed by atoms with E-state index in [1.54, 1.807) is 30.4 Å². The van der Waals surface area contributed by atoms with Gasteiger partial charge < -0.3 is 14.7 Å². The average Bonchev–Trinajstić information content (AvgIpc) is 2.71. The van der Waals surface area contributed by atoms with E-state index in [9.17, 15) is 14.7 Å². The molecule has 0 aromatic heterocycles. The first-order chi connectivity index (χ1) is 10.5. The molecule has 1 N–H and O–H groups in total. The van der Waals surface area contributed by atoms with Crippen LogP contribution < -0.4 is 0 Å². The number of esters is 1. The normalized spacial score (nSPS) is 28.3. The second kappa shape index (κ2) is 7.10. The lowest BCUT2D eigenvalue weighted by Crippen LogP contribution is -2.63. The van der Waals surface area contributed by atoms with Gasteiger partial charge in [0, 0.05) is 15.9 Å². The van der Waals surface area contributed by atoms with Crippen LogP contribution in [0.2, 0.25) is 0 Å². The number of fused-ring (bicyclic) bond motifs is 1. The maximum atomic E-state index is 12.3. The third kappa shape index (κ3) is 2.81.